The van der Waals surface area contributed by atoms with Gasteiger partial charge in [0.1, 0.15) is 6.54 Å². The average molecular weight is 364 g/mol. The Morgan fingerprint density at radius 2 is 1.48 bits per heavy atom. The van der Waals surface area contributed by atoms with Crippen LogP contribution < -0.4 is 5.11 Å². The lowest BCUT2D eigenvalue weighted by Crippen LogP contribution is -2.39. The summed E-state index contributed by atoms with van der Waals surface area (Å²) in [6, 6.07) is 15.5. The molecule has 0 amide bonds. The molecule has 0 aliphatic carbocycles. The van der Waals surface area contributed by atoms with E-state index < -0.39 is 0 Å². The molecule has 142 valence electrons. The maximum Gasteiger partial charge on any atom is 0.189 e. The van der Waals surface area contributed by atoms with Crippen LogP contribution in [0.3, 0.4) is 0 Å². The molecule has 2 aromatic carbocycles. The molecule has 1 heterocycles. The highest BCUT2D eigenvalue weighted by Gasteiger charge is 2.27. The number of hydrogen-bond acceptors (Lipinski definition) is 3. The van der Waals surface area contributed by atoms with Crippen LogP contribution in [-0.2, 0) is 5.41 Å². The number of quaternary nitrogens is 1. The third-order valence-electron chi connectivity index (χ3n) is 4.62. The zero-order valence-corrected chi connectivity index (χ0v) is 17.2. The summed E-state index contributed by atoms with van der Waals surface area (Å²) in [5.74, 6) is -0.00677. The Morgan fingerprint density at radius 3 is 2.00 bits per heavy atom. The zero-order chi connectivity index (χ0) is 19.8. The van der Waals surface area contributed by atoms with Crippen molar-refractivity contribution in [2.24, 2.45) is 9.98 Å². The van der Waals surface area contributed by atoms with Crippen LogP contribution in [0, 0.1) is 0 Å². The maximum absolute atomic E-state index is 11.9. The SMILES string of the molecule is CC(C)(C)c1ccc(C2=NC(C[N+](C)(C)C)N=C2c2cccc([O-])c2)cc1. The predicted octanol–water partition coefficient (Wildman–Crippen LogP) is 3.38. The minimum Gasteiger partial charge on any atom is -0.872 e. The van der Waals surface area contributed by atoms with Gasteiger partial charge in [0.05, 0.1) is 32.6 Å². The monoisotopic (exact) mass is 363 g/mol. The lowest BCUT2D eigenvalue weighted by molar-refractivity contribution is -0.871. The molecule has 0 N–H and O–H groups in total. The van der Waals surface area contributed by atoms with Gasteiger partial charge in [-0.1, -0.05) is 69.3 Å². The van der Waals surface area contributed by atoms with Crippen molar-refractivity contribution >= 4 is 11.4 Å². The highest BCUT2D eigenvalue weighted by atomic mass is 16.3. The first-order chi connectivity index (χ1) is 12.5. The second-order valence-corrected chi connectivity index (χ2v) is 9.26. The van der Waals surface area contributed by atoms with Gasteiger partial charge in [-0.2, -0.15) is 0 Å². The number of benzene rings is 2. The van der Waals surface area contributed by atoms with Gasteiger partial charge in [0.15, 0.2) is 6.17 Å². The van der Waals surface area contributed by atoms with Gasteiger partial charge in [-0.15, -0.1) is 5.75 Å². The number of rotatable bonds is 4. The molecule has 0 saturated carbocycles. The lowest BCUT2D eigenvalue weighted by Gasteiger charge is -2.24. The Kier molecular flexibility index (Phi) is 4.96. The van der Waals surface area contributed by atoms with E-state index in [2.05, 4.69) is 66.2 Å². The molecular formula is C23H29N3O. The molecule has 27 heavy (non-hydrogen) atoms. The van der Waals surface area contributed by atoms with Gasteiger partial charge in [0.25, 0.3) is 0 Å². The minimum absolute atomic E-state index is 0.00677. The smallest absolute Gasteiger partial charge is 0.189 e. The molecule has 4 nitrogen and oxygen atoms in total. The van der Waals surface area contributed by atoms with Crippen molar-refractivity contribution in [2.75, 3.05) is 27.7 Å². The van der Waals surface area contributed by atoms with Gasteiger partial charge < -0.3 is 9.59 Å². The molecule has 1 atom stereocenters. The van der Waals surface area contributed by atoms with E-state index in [4.69, 9.17) is 9.98 Å². The number of nitrogens with zero attached hydrogens (tertiary/aromatic N) is 3. The van der Waals surface area contributed by atoms with E-state index in [0.29, 0.717) is 0 Å². The third-order valence-corrected chi connectivity index (χ3v) is 4.62. The average Bonchev–Trinajstić information content (AvgIpc) is 2.96. The van der Waals surface area contributed by atoms with Crippen LogP contribution in [0.2, 0.25) is 0 Å². The summed E-state index contributed by atoms with van der Waals surface area (Å²) >= 11 is 0. The van der Waals surface area contributed by atoms with Crippen LogP contribution in [0.5, 0.6) is 5.75 Å². The summed E-state index contributed by atoms with van der Waals surface area (Å²) in [7, 11) is 6.41. The molecule has 1 unspecified atom stereocenters. The normalized spacial score (nSPS) is 17.6. The van der Waals surface area contributed by atoms with Gasteiger partial charge >= 0.3 is 0 Å². The summed E-state index contributed by atoms with van der Waals surface area (Å²) in [5.41, 5.74) is 4.96. The van der Waals surface area contributed by atoms with Crippen molar-refractivity contribution in [3.63, 3.8) is 0 Å². The summed E-state index contributed by atoms with van der Waals surface area (Å²) < 4.78 is 0.781. The van der Waals surface area contributed by atoms with E-state index in [0.717, 1.165) is 33.6 Å². The molecule has 0 saturated heterocycles. The van der Waals surface area contributed by atoms with Crippen LogP contribution in [-0.4, -0.2) is 49.8 Å². The maximum atomic E-state index is 11.9. The van der Waals surface area contributed by atoms with Crippen molar-refractivity contribution in [1.29, 1.82) is 0 Å². The minimum atomic E-state index is -0.132. The fraction of sp³-hybridized carbons (Fsp3) is 0.391. The summed E-state index contributed by atoms with van der Waals surface area (Å²) in [6.45, 7) is 7.43. The van der Waals surface area contributed by atoms with Crippen molar-refractivity contribution < 1.29 is 9.59 Å². The lowest BCUT2D eigenvalue weighted by atomic mass is 9.86. The van der Waals surface area contributed by atoms with Gasteiger partial charge in [-0.3, -0.25) is 0 Å². The number of likely N-dealkylation sites (N-methyl/N-ethyl adjacent to an activating group) is 1. The fourth-order valence-electron chi connectivity index (χ4n) is 3.21. The quantitative estimate of drug-likeness (QED) is 0.768. The topological polar surface area (TPSA) is 47.8 Å². The van der Waals surface area contributed by atoms with E-state index in [-0.39, 0.29) is 17.3 Å². The first kappa shape index (κ1) is 19.3. The van der Waals surface area contributed by atoms with Gasteiger partial charge in [-0.25, -0.2) is 9.98 Å². The number of aliphatic imine (C=N–C) groups is 2. The second-order valence-electron chi connectivity index (χ2n) is 9.26. The van der Waals surface area contributed by atoms with Gasteiger partial charge in [-0.05, 0) is 11.0 Å². The molecule has 3 rings (SSSR count). The molecule has 0 fully saturated rings. The Morgan fingerprint density at radius 1 is 0.889 bits per heavy atom. The largest absolute Gasteiger partial charge is 0.872 e. The van der Waals surface area contributed by atoms with E-state index in [9.17, 15) is 5.11 Å². The number of hydrogen-bond donors (Lipinski definition) is 0. The molecule has 4 heteroatoms. The highest BCUT2D eigenvalue weighted by molar-refractivity contribution is 6.54. The predicted molar refractivity (Wildman–Crippen MR) is 111 cm³/mol. The summed E-state index contributed by atoms with van der Waals surface area (Å²) in [4.78, 5) is 9.79. The molecule has 0 bridgehead atoms. The molecule has 1 aliphatic heterocycles. The van der Waals surface area contributed by atoms with E-state index in [1.54, 1.807) is 18.2 Å². The molecule has 0 spiro atoms. The Labute approximate surface area is 162 Å². The van der Waals surface area contributed by atoms with Crippen LogP contribution in [0.1, 0.15) is 37.5 Å². The summed E-state index contributed by atoms with van der Waals surface area (Å²) in [6.07, 6.45) is -0.132. The van der Waals surface area contributed by atoms with Gasteiger partial charge in [0, 0.05) is 11.1 Å². The standard InChI is InChI=1S/C23H29N3O/c1-23(2,3)18-12-10-16(11-13-18)21-22(17-8-7-9-19(27)14-17)25-20(24-21)15-26(4,5)6/h7-14,20H,15H2,1-6H3. The molecule has 2 aromatic rings. The second kappa shape index (κ2) is 6.93. The molecule has 0 aromatic heterocycles. The Balaban J connectivity index is 2.01. The van der Waals surface area contributed by atoms with E-state index >= 15 is 0 Å². The molecule has 1 aliphatic rings. The van der Waals surface area contributed by atoms with E-state index in [1.165, 1.54) is 5.56 Å². The van der Waals surface area contributed by atoms with Crippen molar-refractivity contribution in [2.45, 2.75) is 32.4 Å². The fourth-order valence-corrected chi connectivity index (χ4v) is 3.21. The zero-order valence-electron chi connectivity index (χ0n) is 17.2. The van der Waals surface area contributed by atoms with Crippen molar-refractivity contribution in [1.82, 2.24) is 0 Å². The summed E-state index contributed by atoms with van der Waals surface area (Å²) in [5, 5.41) is 11.9. The third kappa shape index (κ3) is 4.64. The van der Waals surface area contributed by atoms with Crippen LogP contribution >= 0.6 is 0 Å². The highest BCUT2D eigenvalue weighted by Crippen LogP contribution is 2.25. The van der Waals surface area contributed by atoms with Crippen LogP contribution in [0.4, 0.5) is 0 Å². The van der Waals surface area contributed by atoms with Gasteiger partial charge in [0.2, 0.25) is 0 Å². The Bertz CT molecular complexity index is 881. The van der Waals surface area contributed by atoms with Crippen LogP contribution in [0.25, 0.3) is 0 Å². The van der Waals surface area contributed by atoms with Crippen molar-refractivity contribution in [3.8, 4) is 5.75 Å². The Hall–Kier alpha value is -2.46. The molecular weight excluding hydrogens is 334 g/mol. The molecule has 0 radical (unpaired) electrons. The first-order valence-corrected chi connectivity index (χ1v) is 9.38. The van der Waals surface area contributed by atoms with Crippen molar-refractivity contribution in [3.05, 3.63) is 65.2 Å². The first-order valence-electron chi connectivity index (χ1n) is 9.38. The van der Waals surface area contributed by atoms with Crippen LogP contribution in [0.15, 0.2) is 58.5 Å². The van der Waals surface area contributed by atoms with E-state index in [1.807, 2.05) is 6.07 Å².